The Morgan fingerprint density at radius 3 is 2.67 bits per heavy atom. The standard InChI is InChI=1S/C22H17Cl2N3O2S/c1-13-10-14(12-27(13)15-6-8-16(29-2)9-7-15)11-19-21(28)26-22(30-19)25-18-5-3-4-17(23)20(18)24/h3-12H,1-2H3,(H,25,26,28)/b19-11+. The van der Waals surface area contributed by atoms with E-state index in [0.717, 1.165) is 22.7 Å². The molecule has 152 valence electrons. The second kappa shape index (κ2) is 8.60. The summed E-state index contributed by atoms with van der Waals surface area (Å²) in [5.74, 6) is 0.600. The van der Waals surface area contributed by atoms with E-state index >= 15 is 0 Å². The number of nitrogens with zero attached hydrogens (tertiary/aromatic N) is 2. The number of thioether (sulfide) groups is 1. The lowest BCUT2D eigenvalue weighted by Gasteiger charge is -2.06. The normalized spacial score (nSPS) is 16.3. The Bertz CT molecular complexity index is 1180. The average molecular weight is 458 g/mol. The minimum absolute atomic E-state index is 0.202. The smallest absolute Gasteiger partial charge is 0.264 e. The number of benzene rings is 2. The molecule has 0 bridgehead atoms. The Balaban J connectivity index is 1.58. The van der Waals surface area contributed by atoms with Crippen molar-refractivity contribution < 1.29 is 9.53 Å². The number of carbonyl (C=O) groups excluding carboxylic acids is 1. The van der Waals surface area contributed by atoms with Crippen molar-refractivity contribution in [1.82, 2.24) is 9.88 Å². The first-order chi connectivity index (χ1) is 14.4. The number of carbonyl (C=O) groups is 1. The fourth-order valence-electron chi connectivity index (χ4n) is 3.02. The van der Waals surface area contributed by atoms with Crippen LogP contribution < -0.4 is 10.1 Å². The van der Waals surface area contributed by atoms with Gasteiger partial charge in [-0.1, -0.05) is 29.3 Å². The van der Waals surface area contributed by atoms with Gasteiger partial charge in [-0.25, -0.2) is 4.99 Å². The van der Waals surface area contributed by atoms with Gasteiger partial charge in [-0.15, -0.1) is 0 Å². The van der Waals surface area contributed by atoms with Crippen LogP contribution in [0.2, 0.25) is 10.0 Å². The molecule has 1 N–H and O–H groups in total. The van der Waals surface area contributed by atoms with E-state index in [9.17, 15) is 4.79 Å². The molecular formula is C22H17Cl2N3O2S. The highest BCUT2D eigenvalue weighted by atomic mass is 35.5. The van der Waals surface area contributed by atoms with Gasteiger partial charge in [0, 0.05) is 17.6 Å². The van der Waals surface area contributed by atoms with Crippen LogP contribution in [0.4, 0.5) is 5.69 Å². The van der Waals surface area contributed by atoms with Crippen molar-refractivity contribution >= 4 is 57.8 Å². The van der Waals surface area contributed by atoms with Crippen molar-refractivity contribution in [3.05, 3.63) is 80.9 Å². The third-order valence-corrected chi connectivity index (χ3v) is 6.20. The molecule has 3 aromatic rings. The van der Waals surface area contributed by atoms with Crippen molar-refractivity contribution in [2.24, 2.45) is 4.99 Å². The third kappa shape index (κ3) is 4.26. The molecule has 8 heteroatoms. The van der Waals surface area contributed by atoms with Crippen LogP contribution in [-0.2, 0) is 4.79 Å². The number of aryl methyl sites for hydroxylation is 1. The summed E-state index contributed by atoms with van der Waals surface area (Å²) in [5.41, 5.74) is 3.49. The van der Waals surface area contributed by atoms with Gasteiger partial charge in [0.15, 0.2) is 5.17 Å². The molecule has 4 rings (SSSR count). The molecule has 0 spiro atoms. The zero-order chi connectivity index (χ0) is 21.3. The summed E-state index contributed by atoms with van der Waals surface area (Å²) in [6.45, 7) is 2.02. The molecule has 1 aromatic heterocycles. The molecule has 0 unspecified atom stereocenters. The Hall–Kier alpha value is -2.67. The quantitative estimate of drug-likeness (QED) is 0.489. The summed E-state index contributed by atoms with van der Waals surface area (Å²) < 4.78 is 7.27. The van der Waals surface area contributed by atoms with Gasteiger partial charge in [0.2, 0.25) is 0 Å². The molecule has 5 nitrogen and oxygen atoms in total. The molecule has 1 fully saturated rings. The van der Waals surface area contributed by atoms with Crippen molar-refractivity contribution in [3.63, 3.8) is 0 Å². The molecule has 1 aliphatic rings. The number of rotatable bonds is 4. The number of hydrogen-bond acceptors (Lipinski definition) is 4. The topological polar surface area (TPSA) is 55.6 Å². The van der Waals surface area contributed by atoms with Crippen molar-refractivity contribution in [1.29, 1.82) is 0 Å². The molecule has 2 heterocycles. The summed E-state index contributed by atoms with van der Waals surface area (Å²) in [6, 6.07) is 15.0. The number of amidine groups is 1. The molecule has 2 aromatic carbocycles. The average Bonchev–Trinajstić information content (AvgIpc) is 3.27. The molecule has 0 atom stereocenters. The van der Waals surface area contributed by atoms with E-state index < -0.39 is 0 Å². The fourth-order valence-corrected chi connectivity index (χ4v) is 4.19. The third-order valence-electron chi connectivity index (χ3n) is 4.49. The molecule has 1 saturated heterocycles. The number of methoxy groups -OCH3 is 1. The fraction of sp³-hybridized carbons (Fsp3) is 0.0909. The van der Waals surface area contributed by atoms with Gasteiger partial charge in [0.05, 0.1) is 27.7 Å². The molecule has 1 amide bonds. The monoisotopic (exact) mass is 457 g/mol. The summed E-state index contributed by atoms with van der Waals surface area (Å²) >= 11 is 13.5. The van der Waals surface area contributed by atoms with Crippen LogP contribution in [0.15, 0.2) is 64.6 Å². The maximum absolute atomic E-state index is 12.4. The first-order valence-electron chi connectivity index (χ1n) is 9.01. The zero-order valence-corrected chi connectivity index (χ0v) is 18.5. The lowest BCUT2D eigenvalue weighted by Crippen LogP contribution is -2.19. The maximum Gasteiger partial charge on any atom is 0.264 e. The number of ether oxygens (including phenoxy) is 1. The van der Waals surface area contributed by atoms with E-state index in [0.29, 0.717) is 25.8 Å². The number of nitrogens with one attached hydrogen (secondary N) is 1. The highest BCUT2D eigenvalue weighted by Crippen LogP contribution is 2.34. The molecule has 1 aliphatic heterocycles. The first kappa shape index (κ1) is 20.6. The van der Waals surface area contributed by atoms with Gasteiger partial charge in [0.1, 0.15) is 5.75 Å². The minimum Gasteiger partial charge on any atom is -0.497 e. The van der Waals surface area contributed by atoms with Gasteiger partial charge in [-0.2, -0.15) is 0 Å². The van der Waals surface area contributed by atoms with Crippen molar-refractivity contribution in [2.45, 2.75) is 6.92 Å². The second-order valence-corrected chi connectivity index (χ2v) is 8.35. The van der Waals surface area contributed by atoms with Crippen molar-refractivity contribution in [2.75, 3.05) is 7.11 Å². The lowest BCUT2D eigenvalue weighted by molar-refractivity contribution is -0.115. The Kier molecular flexibility index (Phi) is 5.90. The van der Waals surface area contributed by atoms with E-state index in [1.807, 2.05) is 49.5 Å². The summed E-state index contributed by atoms with van der Waals surface area (Å²) in [6.07, 6.45) is 3.83. The number of aromatic nitrogens is 1. The largest absolute Gasteiger partial charge is 0.497 e. The van der Waals surface area contributed by atoms with Crippen LogP contribution in [-0.4, -0.2) is 22.8 Å². The van der Waals surface area contributed by atoms with Gasteiger partial charge >= 0.3 is 0 Å². The first-order valence-corrected chi connectivity index (χ1v) is 10.6. The van der Waals surface area contributed by atoms with Crippen LogP contribution in [0.25, 0.3) is 11.8 Å². The van der Waals surface area contributed by atoms with E-state index in [2.05, 4.69) is 14.9 Å². The molecule has 0 radical (unpaired) electrons. The van der Waals surface area contributed by atoms with Crippen LogP contribution in [0, 0.1) is 6.92 Å². The highest BCUT2D eigenvalue weighted by molar-refractivity contribution is 8.18. The minimum atomic E-state index is -0.202. The summed E-state index contributed by atoms with van der Waals surface area (Å²) in [7, 11) is 1.64. The lowest BCUT2D eigenvalue weighted by atomic mass is 10.3. The van der Waals surface area contributed by atoms with Crippen LogP contribution >= 0.6 is 35.0 Å². The Morgan fingerprint density at radius 1 is 1.17 bits per heavy atom. The molecule has 30 heavy (non-hydrogen) atoms. The predicted molar refractivity (Wildman–Crippen MR) is 124 cm³/mol. The number of hydrogen-bond donors (Lipinski definition) is 1. The predicted octanol–water partition coefficient (Wildman–Crippen LogP) is 5.99. The molecule has 0 aliphatic carbocycles. The maximum atomic E-state index is 12.4. The van der Waals surface area contributed by atoms with Crippen LogP contribution in [0.1, 0.15) is 11.3 Å². The van der Waals surface area contributed by atoms with Crippen molar-refractivity contribution in [3.8, 4) is 11.4 Å². The SMILES string of the molecule is COc1ccc(-n2cc(/C=C3/SC(=Nc4cccc(Cl)c4Cl)NC3=O)cc2C)cc1. The number of amides is 1. The van der Waals surface area contributed by atoms with Crippen LogP contribution in [0.5, 0.6) is 5.75 Å². The number of aliphatic imine (C=N–C) groups is 1. The number of halogens is 2. The van der Waals surface area contributed by atoms with Gasteiger partial charge < -0.3 is 14.6 Å². The summed E-state index contributed by atoms with van der Waals surface area (Å²) in [4.78, 5) is 17.4. The van der Waals surface area contributed by atoms with E-state index in [4.69, 9.17) is 27.9 Å². The Labute approximate surface area is 188 Å². The van der Waals surface area contributed by atoms with E-state index in [-0.39, 0.29) is 5.91 Å². The van der Waals surface area contributed by atoms with E-state index in [1.54, 1.807) is 25.3 Å². The summed E-state index contributed by atoms with van der Waals surface area (Å²) in [5, 5.41) is 4.00. The van der Waals surface area contributed by atoms with Gasteiger partial charge in [0.25, 0.3) is 5.91 Å². The Morgan fingerprint density at radius 2 is 1.93 bits per heavy atom. The molecular weight excluding hydrogens is 441 g/mol. The highest BCUT2D eigenvalue weighted by Gasteiger charge is 2.24. The van der Waals surface area contributed by atoms with Gasteiger partial charge in [-0.05, 0) is 72.8 Å². The second-order valence-electron chi connectivity index (χ2n) is 6.54. The molecule has 0 saturated carbocycles. The van der Waals surface area contributed by atoms with Gasteiger partial charge in [-0.3, -0.25) is 4.79 Å². The van der Waals surface area contributed by atoms with E-state index in [1.165, 1.54) is 11.8 Å². The zero-order valence-electron chi connectivity index (χ0n) is 16.1. The van der Waals surface area contributed by atoms with Crippen LogP contribution in [0.3, 0.4) is 0 Å².